The molecule has 3 rings (SSSR count). The van der Waals surface area contributed by atoms with E-state index in [1.165, 1.54) is 25.7 Å². The summed E-state index contributed by atoms with van der Waals surface area (Å²) in [5, 5.41) is 3.53. The van der Waals surface area contributed by atoms with E-state index in [4.69, 9.17) is 4.98 Å². The molecule has 0 saturated carbocycles. The highest BCUT2D eigenvalue weighted by atomic mass is 15.0. The summed E-state index contributed by atoms with van der Waals surface area (Å²) in [6, 6.07) is 4.12. The van der Waals surface area contributed by atoms with E-state index in [0.29, 0.717) is 0 Å². The molecule has 4 heteroatoms. The smallest absolute Gasteiger partial charge is 0.177 e. The zero-order valence-corrected chi connectivity index (χ0v) is 11.8. The Balaban J connectivity index is 2.04. The molecule has 0 amide bonds. The van der Waals surface area contributed by atoms with Gasteiger partial charge in [0, 0.05) is 17.7 Å². The Morgan fingerprint density at radius 2 is 2.21 bits per heavy atom. The van der Waals surface area contributed by atoms with E-state index in [0.717, 1.165) is 35.8 Å². The highest BCUT2D eigenvalue weighted by Crippen LogP contribution is 2.34. The summed E-state index contributed by atoms with van der Waals surface area (Å²) in [6.45, 7) is 6.42. The Hall–Kier alpha value is -1.42. The lowest BCUT2D eigenvalue weighted by Crippen LogP contribution is -2.44. The van der Waals surface area contributed by atoms with Gasteiger partial charge >= 0.3 is 0 Å². The Labute approximate surface area is 114 Å². The van der Waals surface area contributed by atoms with Crippen molar-refractivity contribution in [2.45, 2.75) is 44.9 Å². The van der Waals surface area contributed by atoms with Crippen LogP contribution >= 0.6 is 0 Å². The first-order valence-corrected chi connectivity index (χ1v) is 7.28. The molecule has 0 aliphatic carbocycles. The number of aryl methyl sites for hydroxylation is 1. The average Bonchev–Trinajstić information content (AvgIpc) is 2.83. The standard InChI is InChI=1S/C15H22N4/c1-3-7-15(8-4-9-16-10-15)14-18-12-6-5-11(2)17-13(12)19-14/h5-6,16H,3-4,7-10H2,1-2H3,(H,17,18,19). The number of nitrogens with zero attached hydrogens (tertiary/aromatic N) is 2. The van der Waals surface area contributed by atoms with Crippen molar-refractivity contribution in [1.82, 2.24) is 20.3 Å². The van der Waals surface area contributed by atoms with E-state index < -0.39 is 0 Å². The first kappa shape index (κ1) is 12.6. The molecular formula is C15H22N4. The molecule has 1 fully saturated rings. The van der Waals surface area contributed by atoms with Gasteiger partial charge in [-0.15, -0.1) is 0 Å². The molecule has 4 nitrogen and oxygen atoms in total. The van der Waals surface area contributed by atoms with Crippen LogP contribution in [0.15, 0.2) is 12.1 Å². The number of H-pyrrole nitrogens is 1. The number of pyridine rings is 1. The summed E-state index contributed by atoms with van der Waals surface area (Å²) in [4.78, 5) is 12.8. The van der Waals surface area contributed by atoms with Crippen LogP contribution < -0.4 is 5.32 Å². The number of hydrogen-bond donors (Lipinski definition) is 2. The molecule has 1 atom stereocenters. The van der Waals surface area contributed by atoms with Gasteiger partial charge in [-0.2, -0.15) is 0 Å². The van der Waals surface area contributed by atoms with Gasteiger partial charge in [0.2, 0.25) is 0 Å². The zero-order valence-electron chi connectivity index (χ0n) is 11.8. The fraction of sp³-hybridized carbons (Fsp3) is 0.600. The fourth-order valence-corrected chi connectivity index (χ4v) is 3.22. The molecule has 0 radical (unpaired) electrons. The molecule has 1 saturated heterocycles. The Morgan fingerprint density at radius 1 is 1.32 bits per heavy atom. The maximum Gasteiger partial charge on any atom is 0.177 e. The lowest BCUT2D eigenvalue weighted by Gasteiger charge is -2.35. The number of aromatic amines is 1. The maximum absolute atomic E-state index is 4.78. The van der Waals surface area contributed by atoms with Crippen molar-refractivity contribution in [3.05, 3.63) is 23.7 Å². The van der Waals surface area contributed by atoms with Crippen molar-refractivity contribution in [2.24, 2.45) is 0 Å². The second kappa shape index (κ2) is 4.93. The third-order valence-corrected chi connectivity index (χ3v) is 4.19. The third-order valence-electron chi connectivity index (χ3n) is 4.19. The number of rotatable bonds is 3. The monoisotopic (exact) mass is 258 g/mol. The van der Waals surface area contributed by atoms with Crippen molar-refractivity contribution in [3.8, 4) is 0 Å². The Morgan fingerprint density at radius 3 is 2.95 bits per heavy atom. The Bertz CT molecular complexity index is 561. The van der Waals surface area contributed by atoms with E-state index in [2.05, 4.69) is 28.3 Å². The molecule has 2 aromatic rings. The minimum absolute atomic E-state index is 0.168. The SMILES string of the molecule is CCCC1(c2nc3nc(C)ccc3[nH]2)CCCNC1. The quantitative estimate of drug-likeness (QED) is 0.890. The van der Waals surface area contributed by atoms with E-state index in [1.807, 2.05) is 13.0 Å². The van der Waals surface area contributed by atoms with Crippen LogP contribution in [0.2, 0.25) is 0 Å². The minimum atomic E-state index is 0.168. The number of piperidine rings is 1. The van der Waals surface area contributed by atoms with Crippen molar-refractivity contribution in [3.63, 3.8) is 0 Å². The van der Waals surface area contributed by atoms with Crippen LogP contribution in [0.25, 0.3) is 11.2 Å². The van der Waals surface area contributed by atoms with E-state index in [1.54, 1.807) is 0 Å². The molecule has 0 bridgehead atoms. The molecule has 1 aliphatic heterocycles. The number of imidazole rings is 1. The van der Waals surface area contributed by atoms with Gasteiger partial charge in [0.05, 0.1) is 5.52 Å². The van der Waals surface area contributed by atoms with Gasteiger partial charge in [-0.05, 0) is 44.9 Å². The minimum Gasteiger partial charge on any atom is -0.340 e. The number of aromatic nitrogens is 3. The summed E-state index contributed by atoms with van der Waals surface area (Å²) in [7, 11) is 0. The molecule has 0 spiro atoms. The van der Waals surface area contributed by atoms with E-state index in [-0.39, 0.29) is 5.41 Å². The molecule has 1 aliphatic rings. The average molecular weight is 258 g/mol. The molecule has 2 N–H and O–H groups in total. The molecular weight excluding hydrogens is 236 g/mol. The second-order valence-corrected chi connectivity index (χ2v) is 5.72. The van der Waals surface area contributed by atoms with Gasteiger partial charge in [-0.1, -0.05) is 13.3 Å². The molecule has 2 aromatic heterocycles. The zero-order chi connectivity index (χ0) is 13.3. The first-order chi connectivity index (χ1) is 9.23. The van der Waals surface area contributed by atoms with Crippen LogP contribution in [-0.4, -0.2) is 28.0 Å². The second-order valence-electron chi connectivity index (χ2n) is 5.72. The number of nitrogens with one attached hydrogen (secondary N) is 2. The van der Waals surface area contributed by atoms with Gasteiger partial charge in [-0.3, -0.25) is 0 Å². The van der Waals surface area contributed by atoms with Crippen LogP contribution in [0.3, 0.4) is 0 Å². The van der Waals surface area contributed by atoms with Crippen LogP contribution in [0, 0.1) is 6.92 Å². The predicted octanol–water partition coefficient (Wildman–Crippen LogP) is 2.69. The number of hydrogen-bond acceptors (Lipinski definition) is 3. The fourth-order valence-electron chi connectivity index (χ4n) is 3.22. The van der Waals surface area contributed by atoms with Crippen LogP contribution in [0.1, 0.15) is 44.1 Å². The lowest BCUT2D eigenvalue weighted by atomic mass is 9.76. The molecule has 3 heterocycles. The lowest BCUT2D eigenvalue weighted by molar-refractivity contribution is 0.278. The van der Waals surface area contributed by atoms with Gasteiger partial charge in [-0.25, -0.2) is 9.97 Å². The molecule has 19 heavy (non-hydrogen) atoms. The van der Waals surface area contributed by atoms with E-state index in [9.17, 15) is 0 Å². The van der Waals surface area contributed by atoms with E-state index >= 15 is 0 Å². The van der Waals surface area contributed by atoms with Crippen LogP contribution in [-0.2, 0) is 5.41 Å². The maximum atomic E-state index is 4.78. The topological polar surface area (TPSA) is 53.6 Å². The predicted molar refractivity (Wildman–Crippen MR) is 77.3 cm³/mol. The summed E-state index contributed by atoms with van der Waals surface area (Å²) in [5.41, 5.74) is 3.11. The van der Waals surface area contributed by atoms with Gasteiger partial charge < -0.3 is 10.3 Å². The third kappa shape index (κ3) is 2.25. The van der Waals surface area contributed by atoms with Crippen molar-refractivity contribution < 1.29 is 0 Å². The molecule has 1 unspecified atom stereocenters. The summed E-state index contributed by atoms with van der Waals surface area (Å²) in [5.74, 6) is 1.12. The Kier molecular flexibility index (Phi) is 3.27. The normalized spacial score (nSPS) is 23.9. The highest BCUT2D eigenvalue weighted by Gasteiger charge is 2.36. The summed E-state index contributed by atoms with van der Waals surface area (Å²) in [6.07, 6.45) is 4.81. The van der Waals surface area contributed by atoms with Crippen molar-refractivity contribution in [1.29, 1.82) is 0 Å². The summed E-state index contributed by atoms with van der Waals surface area (Å²) >= 11 is 0. The number of fused-ring (bicyclic) bond motifs is 1. The van der Waals surface area contributed by atoms with Crippen LogP contribution in [0.5, 0.6) is 0 Å². The largest absolute Gasteiger partial charge is 0.340 e. The van der Waals surface area contributed by atoms with Crippen LogP contribution in [0.4, 0.5) is 0 Å². The van der Waals surface area contributed by atoms with Gasteiger partial charge in [0.1, 0.15) is 5.82 Å². The first-order valence-electron chi connectivity index (χ1n) is 7.28. The van der Waals surface area contributed by atoms with Gasteiger partial charge in [0.15, 0.2) is 5.65 Å². The highest BCUT2D eigenvalue weighted by molar-refractivity contribution is 5.70. The summed E-state index contributed by atoms with van der Waals surface area (Å²) < 4.78 is 0. The molecule has 102 valence electrons. The van der Waals surface area contributed by atoms with Crippen molar-refractivity contribution in [2.75, 3.05) is 13.1 Å². The molecule has 0 aromatic carbocycles. The van der Waals surface area contributed by atoms with Crippen molar-refractivity contribution >= 4 is 11.2 Å². The van der Waals surface area contributed by atoms with Gasteiger partial charge in [0.25, 0.3) is 0 Å².